The van der Waals surface area contributed by atoms with Crippen molar-refractivity contribution in [2.45, 2.75) is 109 Å². The molecule has 1 fully saturated rings. The van der Waals surface area contributed by atoms with E-state index in [1.54, 1.807) is 0 Å². The van der Waals surface area contributed by atoms with Gasteiger partial charge in [-0.3, -0.25) is 0 Å². The first-order valence-corrected chi connectivity index (χ1v) is 15.5. The van der Waals surface area contributed by atoms with Crippen molar-refractivity contribution in [1.29, 1.82) is 0 Å². The standard InChI is InChI=1S/C19H42O4Si2/c1-18(2,3)24(7,8)22-14-11-16(21)15(13-20)17(12-14)23-25(9,10)19(4,5)6/h14-17,20-21H,11-13H2,1-10H3/t14-,15+,16-,17+/m1/s1. The summed E-state index contributed by atoms with van der Waals surface area (Å²) >= 11 is 0. The quantitative estimate of drug-likeness (QED) is 0.677. The van der Waals surface area contributed by atoms with Crippen molar-refractivity contribution in [2.75, 3.05) is 6.61 Å². The van der Waals surface area contributed by atoms with Crippen molar-refractivity contribution < 1.29 is 19.1 Å². The van der Waals surface area contributed by atoms with Gasteiger partial charge < -0.3 is 19.1 Å². The Morgan fingerprint density at radius 1 is 0.840 bits per heavy atom. The lowest BCUT2D eigenvalue weighted by molar-refractivity contribution is -0.0786. The smallest absolute Gasteiger partial charge is 0.192 e. The fraction of sp³-hybridized carbons (Fsp3) is 1.00. The molecule has 1 saturated carbocycles. The van der Waals surface area contributed by atoms with E-state index in [-0.39, 0.29) is 34.8 Å². The summed E-state index contributed by atoms with van der Waals surface area (Å²) in [5.41, 5.74) is 0. The summed E-state index contributed by atoms with van der Waals surface area (Å²) in [6.07, 6.45) is 0.664. The number of aliphatic hydroxyl groups is 2. The molecule has 0 spiro atoms. The van der Waals surface area contributed by atoms with Gasteiger partial charge >= 0.3 is 0 Å². The molecule has 25 heavy (non-hydrogen) atoms. The van der Waals surface area contributed by atoms with E-state index >= 15 is 0 Å². The average molecular weight is 391 g/mol. The Kier molecular flexibility index (Phi) is 7.20. The van der Waals surface area contributed by atoms with Gasteiger partial charge in [0.1, 0.15) is 0 Å². The summed E-state index contributed by atoms with van der Waals surface area (Å²) in [4.78, 5) is 0. The van der Waals surface area contributed by atoms with Gasteiger partial charge in [-0.2, -0.15) is 0 Å². The van der Waals surface area contributed by atoms with Crippen LogP contribution in [0, 0.1) is 5.92 Å². The summed E-state index contributed by atoms with van der Waals surface area (Å²) < 4.78 is 13.2. The van der Waals surface area contributed by atoms with Crippen LogP contribution in [0.5, 0.6) is 0 Å². The van der Waals surface area contributed by atoms with Crippen LogP contribution >= 0.6 is 0 Å². The van der Waals surface area contributed by atoms with Gasteiger partial charge in [-0.15, -0.1) is 0 Å². The average Bonchev–Trinajstić information content (AvgIpc) is 2.34. The van der Waals surface area contributed by atoms with E-state index in [9.17, 15) is 10.2 Å². The van der Waals surface area contributed by atoms with Crippen LogP contribution < -0.4 is 0 Å². The Morgan fingerprint density at radius 3 is 1.68 bits per heavy atom. The Labute approximate surface area is 157 Å². The second-order valence-corrected chi connectivity index (χ2v) is 20.3. The van der Waals surface area contributed by atoms with E-state index in [0.29, 0.717) is 6.42 Å². The highest BCUT2D eigenvalue weighted by Crippen LogP contribution is 2.43. The number of aliphatic hydroxyl groups excluding tert-OH is 2. The lowest BCUT2D eigenvalue weighted by Crippen LogP contribution is -2.54. The van der Waals surface area contributed by atoms with Gasteiger partial charge in [-0.1, -0.05) is 41.5 Å². The Hall–Kier alpha value is 0.274. The van der Waals surface area contributed by atoms with Crippen molar-refractivity contribution in [3.8, 4) is 0 Å². The van der Waals surface area contributed by atoms with E-state index in [1.165, 1.54) is 0 Å². The summed E-state index contributed by atoms with van der Waals surface area (Å²) in [6, 6.07) is 0. The predicted octanol–water partition coefficient (Wildman–Crippen LogP) is 4.53. The normalized spacial score (nSPS) is 29.8. The van der Waals surface area contributed by atoms with Gasteiger partial charge in [0.05, 0.1) is 18.8 Å². The van der Waals surface area contributed by atoms with Crippen molar-refractivity contribution >= 4 is 16.6 Å². The minimum Gasteiger partial charge on any atom is -0.414 e. The largest absolute Gasteiger partial charge is 0.414 e. The highest BCUT2D eigenvalue weighted by atomic mass is 28.4. The molecular formula is C19H42O4Si2. The summed E-state index contributed by atoms with van der Waals surface area (Å²) in [5, 5.41) is 20.7. The molecule has 0 saturated heterocycles. The van der Waals surface area contributed by atoms with Crippen LogP contribution in [0.4, 0.5) is 0 Å². The van der Waals surface area contributed by atoms with Crippen LogP contribution in [0.25, 0.3) is 0 Å². The molecule has 0 aliphatic heterocycles. The van der Waals surface area contributed by atoms with Gasteiger partial charge in [0.2, 0.25) is 0 Å². The second-order valence-electron chi connectivity index (χ2n) is 10.8. The first kappa shape index (κ1) is 23.3. The number of hydrogen-bond donors (Lipinski definition) is 2. The third-order valence-corrected chi connectivity index (χ3v) is 15.7. The molecule has 0 bridgehead atoms. The molecule has 0 unspecified atom stereocenters. The van der Waals surface area contributed by atoms with Gasteiger partial charge in [0.15, 0.2) is 16.6 Å². The van der Waals surface area contributed by atoms with E-state index in [2.05, 4.69) is 67.7 Å². The SMILES string of the molecule is CC(C)(C)[Si](C)(C)O[C@@H]1C[C@@H](O)[C@H](CO)[C@@H](O[Si](C)(C)C(C)(C)C)C1. The monoisotopic (exact) mass is 390 g/mol. The molecule has 1 aliphatic carbocycles. The molecule has 2 N–H and O–H groups in total. The van der Waals surface area contributed by atoms with Crippen LogP contribution in [0.15, 0.2) is 0 Å². The lowest BCUT2D eigenvalue weighted by Gasteiger charge is -2.48. The van der Waals surface area contributed by atoms with E-state index in [4.69, 9.17) is 8.85 Å². The minimum atomic E-state index is -1.97. The first-order chi connectivity index (χ1) is 11.0. The van der Waals surface area contributed by atoms with Gasteiger partial charge in [-0.25, -0.2) is 0 Å². The molecule has 4 atom stereocenters. The van der Waals surface area contributed by atoms with Crippen LogP contribution in [0.3, 0.4) is 0 Å². The highest BCUT2D eigenvalue weighted by Gasteiger charge is 2.47. The molecule has 0 aromatic heterocycles. The zero-order chi connectivity index (χ0) is 19.8. The van der Waals surface area contributed by atoms with Crippen LogP contribution in [-0.2, 0) is 8.85 Å². The summed E-state index contributed by atoms with van der Waals surface area (Å²) in [5.74, 6) is -0.214. The van der Waals surface area contributed by atoms with E-state index in [1.807, 2.05) is 0 Å². The predicted molar refractivity (Wildman–Crippen MR) is 110 cm³/mol. The number of hydrogen-bond acceptors (Lipinski definition) is 4. The van der Waals surface area contributed by atoms with Gasteiger partial charge in [-0.05, 0) is 49.1 Å². The minimum absolute atomic E-state index is 0.00783. The third kappa shape index (κ3) is 5.62. The summed E-state index contributed by atoms with van der Waals surface area (Å²) in [7, 11) is -3.87. The molecule has 0 aromatic carbocycles. The van der Waals surface area contributed by atoms with Gasteiger partial charge in [0.25, 0.3) is 0 Å². The van der Waals surface area contributed by atoms with E-state index in [0.717, 1.165) is 6.42 Å². The van der Waals surface area contributed by atoms with Crippen molar-refractivity contribution in [2.24, 2.45) is 5.92 Å². The maximum absolute atomic E-state index is 10.6. The first-order valence-electron chi connectivity index (χ1n) is 9.66. The molecule has 150 valence electrons. The maximum atomic E-state index is 10.6. The van der Waals surface area contributed by atoms with Crippen LogP contribution in [0.2, 0.25) is 36.3 Å². The molecule has 1 aliphatic rings. The van der Waals surface area contributed by atoms with E-state index < -0.39 is 22.7 Å². The molecule has 0 aromatic rings. The zero-order valence-corrected chi connectivity index (χ0v) is 20.1. The molecule has 6 heteroatoms. The molecule has 0 amide bonds. The fourth-order valence-electron chi connectivity index (χ4n) is 2.84. The Balaban J connectivity index is 2.96. The lowest BCUT2D eigenvalue weighted by atomic mass is 9.83. The maximum Gasteiger partial charge on any atom is 0.192 e. The van der Waals surface area contributed by atoms with Crippen molar-refractivity contribution in [3.63, 3.8) is 0 Å². The van der Waals surface area contributed by atoms with Crippen molar-refractivity contribution in [3.05, 3.63) is 0 Å². The topological polar surface area (TPSA) is 58.9 Å². The van der Waals surface area contributed by atoms with Crippen molar-refractivity contribution in [1.82, 2.24) is 0 Å². The Morgan fingerprint density at radius 2 is 1.28 bits per heavy atom. The number of rotatable bonds is 5. The molecular weight excluding hydrogens is 348 g/mol. The third-order valence-electron chi connectivity index (χ3n) is 6.70. The molecule has 4 nitrogen and oxygen atoms in total. The molecule has 1 rings (SSSR count). The fourth-order valence-corrected chi connectivity index (χ4v) is 5.60. The van der Waals surface area contributed by atoms with Crippen LogP contribution in [-0.4, -0.2) is 51.8 Å². The molecule has 0 heterocycles. The zero-order valence-electron chi connectivity index (χ0n) is 18.1. The highest BCUT2D eigenvalue weighted by molar-refractivity contribution is 6.74. The van der Waals surface area contributed by atoms with Crippen LogP contribution in [0.1, 0.15) is 54.4 Å². The molecule has 0 radical (unpaired) electrons. The Bertz CT molecular complexity index is 438. The van der Waals surface area contributed by atoms with Gasteiger partial charge in [0, 0.05) is 12.0 Å². The second kappa shape index (κ2) is 7.72. The summed E-state index contributed by atoms with van der Waals surface area (Å²) in [6.45, 7) is 22.3.